The van der Waals surface area contributed by atoms with Gasteiger partial charge in [0.1, 0.15) is 5.54 Å². The lowest BCUT2D eigenvalue weighted by molar-refractivity contribution is -0.144. The molecule has 0 radical (unpaired) electrons. The Hall–Kier alpha value is -1.88. The van der Waals surface area contributed by atoms with Crippen LogP contribution in [-0.2, 0) is 10.3 Å². The van der Waals surface area contributed by atoms with Crippen molar-refractivity contribution in [1.82, 2.24) is 15.1 Å². The topological polar surface area (TPSA) is 52.7 Å². The molecule has 1 aromatic rings. The second-order valence-electron chi connectivity index (χ2n) is 7.84. The van der Waals surface area contributed by atoms with Gasteiger partial charge < -0.3 is 4.90 Å². The second kappa shape index (κ2) is 5.31. The quantitative estimate of drug-likeness (QED) is 0.864. The van der Waals surface area contributed by atoms with E-state index in [-0.39, 0.29) is 17.5 Å². The molecule has 0 aromatic heterocycles. The third kappa shape index (κ3) is 2.04. The molecular weight excluding hydrogens is 302 g/mol. The van der Waals surface area contributed by atoms with Crippen molar-refractivity contribution in [3.63, 3.8) is 0 Å². The van der Waals surface area contributed by atoms with Crippen molar-refractivity contribution in [3.8, 4) is 0 Å². The third-order valence-corrected chi connectivity index (χ3v) is 6.41. The Labute approximate surface area is 143 Å². The first-order chi connectivity index (χ1) is 11.5. The molecule has 0 unspecified atom stereocenters. The van der Waals surface area contributed by atoms with Gasteiger partial charge in [-0.25, -0.2) is 4.79 Å². The lowest BCUT2D eigenvalue weighted by Crippen LogP contribution is -2.69. The van der Waals surface area contributed by atoms with Gasteiger partial charge in [0.2, 0.25) is 0 Å². The molecule has 2 saturated carbocycles. The summed E-state index contributed by atoms with van der Waals surface area (Å²) < 4.78 is 0. The highest BCUT2D eigenvalue weighted by Crippen LogP contribution is 2.56. The van der Waals surface area contributed by atoms with E-state index >= 15 is 0 Å². The summed E-state index contributed by atoms with van der Waals surface area (Å²) in [6.45, 7) is 0.718. The molecule has 1 N–H and O–H groups in total. The average molecular weight is 327 g/mol. The average Bonchev–Trinajstić information content (AvgIpc) is 2.71. The fourth-order valence-corrected chi connectivity index (χ4v) is 4.58. The molecule has 0 atom stereocenters. The minimum atomic E-state index is -0.660. The number of benzene rings is 1. The van der Waals surface area contributed by atoms with Crippen LogP contribution in [0, 0.1) is 5.92 Å². The lowest BCUT2D eigenvalue weighted by Gasteiger charge is -2.59. The van der Waals surface area contributed by atoms with E-state index in [1.807, 2.05) is 23.1 Å². The zero-order valence-electron chi connectivity index (χ0n) is 14.4. The van der Waals surface area contributed by atoms with Gasteiger partial charge in [0, 0.05) is 19.4 Å². The molecule has 5 nitrogen and oxygen atoms in total. The summed E-state index contributed by atoms with van der Waals surface area (Å²) in [5.74, 6) is 0.449. The number of carbonyl (C=O) groups is 2. The van der Waals surface area contributed by atoms with Crippen LogP contribution in [0.25, 0.3) is 0 Å². The molecule has 1 aromatic carbocycles. The van der Waals surface area contributed by atoms with E-state index in [4.69, 9.17) is 0 Å². The Morgan fingerprint density at radius 2 is 1.83 bits per heavy atom. The first-order valence-corrected chi connectivity index (χ1v) is 8.84. The summed E-state index contributed by atoms with van der Waals surface area (Å²) in [5, 5.41) is 2.57. The summed E-state index contributed by atoms with van der Waals surface area (Å²) in [4.78, 5) is 29.0. The summed E-state index contributed by atoms with van der Waals surface area (Å²) in [6, 6.07) is 10.1. The van der Waals surface area contributed by atoms with E-state index in [1.165, 1.54) is 24.8 Å². The number of rotatable bonds is 4. The molecule has 2 aliphatic carbocycles. The molecule has 1 saturated heterocycles. The Morgan fingerprint density at radius 3 is 2.38 bits per heavy atom. The maximum atomic E-state index is 12.6. The molecule has 1 spiro atoms. The number of nitrogens with one attached hydrogen (secondary N) is 1. The molecule has 5 heteroatoms. The van der Waals surface area contributed by atoms with Crippen LogP contribution in [0.15, 0.2) is 30.3 Å². The molecule has 0 bridgehead atoms. The number of urea groups is 1. The predicted octanol–water partition coefficient (Wildman–Crippen LogP) is 2.33. The van der Waals surface area contributed by atoms with Crippen molar-refractivity contribution in [2.75, 3.05) is 20.6 Å². The highest BCUT2D eigenvalue weighted by atomic mass is 16.2. The standard InChI is InChI=1S/C19H25N3O2/c1-21(2)18(15-9-4-3-5-10-15)12-19(13-18)16(23)20-17(24)22(19)11-14-7-6-8-14/h3-5,9-10,14H,6-8,11-13H2,1-2H3,(H,20,23,24). The monoisotopic (exact) mass is 327 g/mol. The van der Waals surface area contributed by atoms with Crippen LogP contribution >= 0.6 is 0 Å². The normalized spacial score (nSPS) is 32.9. The van der Waals surface area contributed by atoms with E-state index < -0.39 is 5.54 Å². The van der Waals surface area contributed by atoms with Crippen molar-refractivity contribution < 1.29 is 9.59 Å². The third-order valence-electron chi connectivity index (χ3n) is 6.41. The fraction of sp³-hybridized carbons (Fsp3) is 0.579. The van der Waals surface area contributed by atoms with Gasteiger partial charge in [0.15, 0.2) is 0 Å². The largest absolute Gasteiger partial charge is 0.325 e. The number of imide groups is 1. The smallest absolute Gasteiger partial charge is 0.309 e. The summed E-state index contributed by atoms with van der Waals surface area (Å²) in [5.41, 5.74) is 0.379. The number of hydrogen-bond donors (Lipinski definition) is 1. The van der Waals surface area contributed by atoms with Crippen LogP contribution < -0.4 is 5.32 Å². The van der Waals surface area contributed by atoms with Crippen LogP contribution in [-0.4, -0.2) is 47.9 Å². The van der Waals surface area contributed by atoms with Crippen LogP contribution in [0.1, 0.15) is 37.7 Å². The Kier molecular flexibility index (Phi) is 3.46. The number of amides is 3. The molecule has 24 heavy (non-hydrogen) atoms. The lowest BCUT2D eigenvalue weighted by atomic mass is 9.58. The molecule has 1 heterocycles. The van der Waals surface area contributed by atoms with Crippen LogP contribution in [0.5, 0.6) is 0 Å². The summed E-state index contributed by atoms with van der Waals surface area (Å²) in [7, 11) is 4.12. The van der Waals surface area contributed by atoms with Gasteiger partial charge in [-0.3, -0.25) is 15.0 Å². The first-order valence-electron chi connectivity index (χ1n) is 8.84. The van der Waals surface area contributed by atoms with Gasteiger partial charge in [-0.1, -0.05) is 36.8 Å². The van der Waals surface area contributed by atoms with E-state index in [0.717, 1.165) is 6.54 Å². The first kappa shape index (κ1) is 15.6. The molecule has 4 rings (SSSR count). The molecule has 128 valence electrons. The van der Waals surface area contributed by atoms with Crippen molar-refractivity contribution in [2.24, 2.45) is 5.92 Å². The van der Waals surface area contributed by atoms with E-state index in [0.29, 0.717) is 18.8 Å². The van der Waals surface area contributed by atoms with Crippen molar-refractivity contribution in [1.29, 1.82) is 0 Å². The predicted molar refractivity (Wildman–Crippen MR) is 91.4 cm³/mol. The van der Waals surface area contributed by atoms with Crippen LogP contribution in [0.2, 0.25) is 0 Å². The molecule has 3 aliphatic rings. The minimum absolute atomic E-state index is 0.111. The summed E-state index contributed by atoms with van der Waals surface area (Å²) in [6.07, 6.45) is 4.92. The maximum absolute atomic E-state index is 12.6. The zero-order chi connectivity index (χ0) is 16.9. The van der Waals surface area contributed by atoms with Gasteiger partial charge in [0.25, 0.3) is 5.91 Å². The van der Waals surface area contributed by atoms with Crippen LogP contribution in [0.4, 0.5) is 4.79 Å². The van der Waals surface area contributed by atoms with E-state index in [1.54, 1.807) is 0 Å². The maximum Gasteiger partial charge on any atom is 0.325 e. The van der Waals surface area contributed by atoms with Crippen molar-refractivity contribution >= 4 is 11.9 Å². The Bertz CT molecular complexity index is 660. The molecule has 1 aliphatic heterocycles. The summed E-state index contributed by atoms with van der Waals surface area (Å²) >= 11 is 0. The van der Waals surface area contributed by atoms with Crippen molar-refractivity contribution in [3.05, 3.63) is 35.9 Å². The number of carbonyl (C=O) groups excluding carboxylic acids is 2. The van der Waals surface area contributed by atoms with E-state index in [9.17, 15) is 9.59 Å². The highest BCUT2D eigenvalue weighted by Gasteiger charge is 2.67. The molecule has 3 fully saturated rings. The minimum Gasteiger partial charge on any atom is -0.309 e. The highest BCUT2D eigenvalue weighted by molar-refractivity contribution is 6.08. The number of hydrogen-bond acceptors (Lipinski definition) is 3. The van der Waals surface area contributed by atoms with E-state index in [2.05, 4.69) is 36.4 Å². The van der Waals surface area contributed by atoms with Crippen LogP contribution in [0.3, 0.4) is 0 Å². The SMILES string of the molecule is CN(C)C1(c2ccccc2)CC2(C1)C(=O)NC(=O)N2CC1CCC1. The molecule has 3 amide bonds. The van der Waals surface area contributed by atoms with Gasteiger partial charge in [0.05, 0.1) is 5.54 Å². The van der Waals surface area contributed by atoms with Gasteiger partial charge in [-0.15, -0.1) is 0 Å². The number of nitrogens with zero attached hydrogens (tertiary/aromatic N) is 2. The zero-order valence-corrected chi connectivity index (χ0v) is 14.4. The molecular formula is C19H25N3O2. The Morgan fingerprint density at radius 1 is 1.17 bits per heavy atom. The van der Waals surface area contributed by atoms with Crippen molar-refractivity contribution in [2.45, 2.75) is 43.2 Å². The van der Waals surface area contributed by atoms with Gasteiger partial charge >= 0.3 is 6.03 Å². The Balaban J connectivity index is 1.64. The van der Waals surface area contributed by atoms with Gasteiger partial charge in [-0.2, -0.15) is 0 Å². The van der Waals surface area contributed by atoms with Gasteiger partial charge in [-0.05, 0) is 38.4 Å². The fourth-order valence-electron chi connectivity index (χ4n) is 4.58. The second-order valence-corrected chi connectivity index (χ2v) is 7.84.